The Hall–Kier alpha value is -7.07. The molecule has 0 aliphatic carbocycles. The van der Waals surface area contributed by atoms with Crippen LogP contribution in [0, 0.1) is 11.3 Å². The van der Waals surface area contributed by atoms with Crippen LogP contribution < -0.4 is 24.8 Å². The molecule has 0 aromatic heterocycles. The molecule has 1 fully saturated rings. The van der Waals surface area contributed by atoms with Crippen LogP contribution in [0.15, 0.2) is 54.6 Å². The van der Waals surface area contributed by atoms with Crippen LogP contribution in [0.4, 0.5) is 0 Å². The lowest BCUT2D eigenvalue weighted by Gasteiger charge is -2.36. The van der Waals surface area contributed by atoms with Crippen molar-refractivity contribution in [2.24, 2.45) is 11.3 Å². The van der Waals surface area contributed by atoms with Gasteiger partial charge in [0.2, 0.25) is 29.4 Å². The van der Waals surface area contributed by atoms with E-state index in [4.69, 9.17) is 33.2 Å². The third-order valence-corrected chi connectivity index (χ3v) is 13.8. The molecule has 2 aliphatic rings. The monoisotopic (exact) mass is 1130 g/mol. The van der Waals surface area contributed by atoms with Crippen molar-refractivity contribution in [1.82, 2.24) is 30.2 Å². The number of carbonyl (C=O) groups is 9. The van der Waals surface area contributed by atoms with Crippen molar-refractivity contribution in [2.45, 2.75) is 136 Å². The highest BCUT2D eigenvalue weighted by molar-refractivity contribution is 6.38. The second-order valence-electron chi connectivity index (χ2n) is 22.5. The Balaban J connectivity index is 1.71. The summed E-state index contributed by atoms with van der Waals surface area (Å²) in [6.45, 7) is 10.6. The van der Waals surface area contributed by atoms with Gasteiger partial charge in [-0.1, -0.05) is 38.1 Å². The van der Waals surface area contributed by atoms with E-state index in [0.29, 0.717) is 36.3 Å². The van der Waals surface area contributed by atoms with E-state index in [0.717, 1.165) is 16.5 Å². The van der Waals surface area contributed by atoms with Crippen LogP contribution in [0.1, 0.15) is 111 Å². The maximum absolute atomic E-state index is 14.4. The molecule has 1 saturated heterocycles. The summed E-state index contributed by atoms with van der Waals surface area (Å²) in [6.07, 6.45) is 4.08. The van der Waals surface area contributed by atoms with Crippen molar-refractivity contribution >= 4 is 53.2 Å². The number of likely N-dealkylation sites (N-methyl/N-ethyl adjacent to an activating group) is 3. The molecule has 448 valence electrons. The molecule has 2 aromatic carbocycles. The Morgan fingerprint density at radius 3 is 2.19 bits per heavy atom. The number of esters is 2. The van der Waals surface area contributed by atoms with Gasteiger partial charge in [0, 0.05) is 54.0 Å². The zero-order valence-corrected chi connectivity index (χ0v) is 49.6. The molecule has 6 amide bonds. The molecule has 0 saturated carbocycles. The van der Waals surface area contributed by atoms with Gasteiger partial charge < -0.3 is 63.4 Å². The molecule has 2 heterocycles. The maximum Gasteiger partial charge on any atom is 0.330 e. The van der Waals surface area contributed by atoms with Crippen LogP contribution in [0.2, 0.25) is 0 Å². The van der Waals surface area contributed by atoms with Crippen molar-refractivity contribution in [3.8, 4) is 17.2 Å². The number of rotatable bonds is 12. The largest absolute Gasteiger partial charge is 0.493 e. The lowest BCUT2D eigenvalue weighted by molar-refractivity contribution is -0.165. The van der Waals surface area contributed by atoms with Gasteiger partial charge in [-0.05, 0) is 127 Å². The summed E-state index contributed by atoms with van der Waals surface area (Å²) in [5.41, 5.74) is -0.909. The van der Waals surface area contributed by atoms with Gasteiger partial charge in [0.15, 0.2) is 18.1 Å². The Kier molecular flexibility index (Phi) is 25.6. The van der Waals surface area contributed by atoms with Crippen molar-refractivity contribution in [3.05, 3.63) is 65.7 Å². The topological polar surface area (TPSA) is 255 Å². The first-order chi connectivity index (χ1) is 38.2. The van der Waals surface area contributed by atoms with E-state index in [1.807, 2.05) is 26.0 Å². The molecule has 0 radical (unpaired) electrons. The number of ether oxygens (including phenoxy) is 7. The van der Waals surface area contributed by atoms with Crippen LogP contribution in [-0.4, -0.2) is 191 Å². The predicted molar refractivity (Wildman–Crippen MR) is 299 cm³/mol. The molecule has 81 heavy (non-hydrogen) atoms. The summed E-state index contributed by atoms with van der Waals surface area (Å²) < 4.78 is 40.0. The minimum atomic E-state index is -1.50. The summed E-state index contributed by atoms with van der Waals surface area (Å²) >= 11 is 0. The summed E-state index contributed by atoms with van der Waals surface area (Å²) in [5.74, 6) is -5.21. The minimum Gasteiger partial charge on any atom is -0.493 e. The quantitative estimate of drug-likeness (QED) is 0.221. The van der Waals surface area contributed by atoms with E-state index >= 15 is 0 Å². The number of methoxy groups -OCH3 is 3. The first-order valence-corrected chi connectivity index (χ1v) is 27.5. The smallest absolute Gasteiger partial charge is 0.330 e. The number of nitrogens with zero attached hydrogens (tertiary/aromatic N) is 4. The summed E-state index contributed by atoms with van der Waals surface area (Å²) in [4.78, 5) is 130. The van der Waals surface area contributed by atoms with E-state index in [9.17, 15) is 43.2 Å². The number of nitrogens with one attached hydrogen (secondary N) is 2. The van der Waals surface area contributed by atoms with E-state index in [2.05, 4.69) is 10.6 Å². The number of hydrogen-bond acceptors (Lipinski definition) is 16. The van der Waals surface area contributed by atoms with E-state index in [1.165, 1.54) is 77.1 Å². The van der Waals surface area contributed by atoms with Gasteiger partial charge in [0.05, 0.1) is 38.4 Å². The number of carbonyl (C=O) groups excluding carboxylic acids is 9. The second kappa shape index (κ2) is 31.2. The SMILES string of the molecule is COCC[C@@H]1NC(=O)[C@H](COC(C)(C)C)N(C)C(=O)[C@@H](CC(C)C)NC(=O)CN(C)C(=O)COc2cccc(c2)[C@@H](CCc2ccc(OC)c(OC)c2)OC(=O)[C@@H]2CCCCN2C(=O)C(=O)C(C)(C)COC(=O)C=CCCN(C)C1=O. The molecule has 5 atom stereocenters. The van der Waals surface area contributed by atoms with Crippen molar-refractivity contribution < 1.29 is 76.3 Å². The number of ketones is 1. The minimum absolute atomic E-state index is 0.0659. The van der Waals surface area contributed by atoms with Gasteiger partial charge in [-0.3, -0.25) is 33.6 Å². The fraction of sp³-hybridized carbons (Fsp3) is 0.610. The first-order valence-electron chi connectivity index (χ1n) is 27.5. The second-order valence-corrected chi connectivity index (χ2v) is 22.5. The van der Waals surface area contributed by atoms with Crippen molar-refractivity contribution in [1.29, 1.82) is 0 Å². The molecule has 4 rings (SSSR count). The standard InChI is InChI=1S/C59H86N6O16/c1-38(2)31-43-55(72)64(10)45(35-80-58(3,4)5)53(70)61-42(27-30-75-11)54(71)62(8)28-16-15-22-51(68)79-37-59(6,7)52(69)56(73)65-29-17-14-21-44(65)57(74)81-46(25-23-39-24-26-47(76-12)48(32-39)77-13)40-19-18-20-41(33-40)78-36-50(67)63(9)34-49(66)60-43/h15,18-20,22,24,26,32-33,38,42-46H,14,16-17,21,23,25,27-31,34-37H2,1-13H3,(H,60,66)(H,61,70)/t42-,43+,44-,45-,46+/m0/s1. The third kappa shape index (κ3) is 20.5. The van der Waals surface area contributed by atoms with Crippen LogP contribution in [0.3, 0.4) is 0 Å². The number of aryl methyl sites for hydroxylation is 1. The third-order valence-electron chi connectivity index (χ3n) is 13.8. The summed E-state index contributed by atoms with van der Waals surface area (Å²) in [7, 11) is 8.85. The first kappa shape index (κ1) is 66.4. The molecule has 2 aliphatic heterocycles. The lowest BCUT2D eigenvalue weighted by atomic mass is 9.87. The average Bonchev–Trinajstić information content (AvgIpc) is 3.43. The van der Waals surface area contributed by atoms with Gasteiger partial charge in [-0.2, -0.15) is 0 Å². The number of cyclic esters (lactones) is 2. The molecular weight excluding hydrogens is 1050 g/mol. The van der Waals surface area contributed by atoms with Crippen LogP contribution >= 0.6 is 0 Å². The molecule has 2 aromatic rings. The number of Topliss-reactive ketones (excluding diaryl/α,β-unsaturated/α-hetero) is 1. The number of amides is 6. The highest BCUT2D eigenvalue weighted by atomic mass is 16.5. The van der Waals surface area contributed by atoms with Crippen LogP contribution in [0.25, 0.3) is 0 Å². The van der Waals surface area contributed by atoms with Gasteiger partial charge in [-0.25, -0.2) is 9.59 Å². The van der Waals surface area contributed by atoms with E-state index < -0.39 is 114 Å². The number of benzene rings is 2. The highest BCUT2D eigenvalue weighted by Gasteiger charge is 2.43. The molecule has 2 N–H and O–H groups in total. The average molecular weight is 1140 g/mol. The zero-order chi connectivity index (χ0) is 60.2. The maximum atomic E-state index is 14.4. The van der Waals surface area contributed by atoms with Crippen molar-refractivity contribution in [2.75, 3.05) is 88.5 Å². The Morgan fingerprint density at radius 1 is 0.802 bits per heavy atom. The number of hydrogen-bond donors (Lipinski definition) is 2. The Morgan fingerprint density at radius 2 is 1.52 bits per heavy atom. The van der Waals surface area contributed by atoms with E-state index in [-0.39, 0.29) is 70.1 Å². The van der Waals surface area contributed by atoms with Gasteiger partial charge in [-0.15, -0.1) is 0 Å². The number of fused-ring (bicyclic) bond motifs is 3. The normalized spacial score (nSPS) is 22.5. The van der Waals surface area contributed by atoms with Crippen molar-refractivity contribution in [3.63, 3.8) is 0 Å². The molecule has 22 nitrogen and oxygen atoms in total. The fourth-order valence-electron chi connectivity index (χ4n) is 9.02. The summed E-state index contributed by atoms with van der Waals surface area (Å²) in [6, 6.07) is 7.43. The zero-order valence-electron chi connectivity index (χ0n) is 49.6. The Bertz CT molecular complexity index is 2540. The van der Waals surface area contributed by atoms with Gasteiger partial charge in [0.1, 0.15) is 42.6 Å². The molecular formula is C59H86N6O16. The predicted octanol–water partition coefficient (Wildman–Crippen LogP) is 4.39. The van der Waals surface area contributed by atoms with Gasteiger partial charge >= 0.3 is 11.9 Å². The van der Waals surface area contributed by atoms with Gasteiger partial charge in [0.25, 0.3) is 11.8 Å². The Labute approximate surface area is 476 Å². The fourth-order valence-corrected chi connectivity index (χ4v) is 9.02. The highest BCUT2D eigenvalue weighted by Crippen LogP contribution is 2.33. The molecule has 2 bridgehead atoms. The van der Waals surface area contributed by atoms with E-state index in [1.54, 1.807) is 51.1 Å². The van der Waals surface area contributed by atoms with Crippen LogP contribution in [0.5, 0.6) is 17.2 Å². The molecule has 22 heteroatoms. The molecule has 0 spiro atoms. The molecule has 0 unspecified atom stereocenters. The van der Waals surface area contributed by atoms with Crippen LogP contribution in [-0.2, 0) is 68.5 Å². The number of piperidine rings is 1. The summed E-state index contributed by atoms with van der Waals surface area (Å²) in [5, 5.41) is 5.56. The lowest BCUT2D eigenvalue weighted by Crippen LogP contribution is -2.59.